The van der Waals surface area contributed by atoms with Gasteiger partial charge in [-0.2, -0.15) is 0 Å². The molecule has 0 spiro atoms. The molecule has 3 nitrogen and oxygen atoms in total. The summed E-state index contributed by atoms with van der Waals surface area (Å²) in [5, 5.41) is 2.68. The van der Waals surface area contributed by atoms with Gasteiger partial charge in [-0.25, -0.2) is 4.79 Å². The molecular weight excluding hydrogens is 202 g/mol. The lowest BCUT2D eigenvalue weighted by Gasteiger charge is -2.19. The zero-order valence-corrected chi connectivity index (χ0v) is 10.4. The lowest BCUT2D eigenvalue weighted by atomic mass is 10.2. The summed E-state index contributed by atoms with van der Waals surface area (Å²) in [5.41, 5.74) is 0.577. The van der Waals surface area contributed by atoms with Crippen LogP contribution in [0.25, 0.3) is 0 Å². The van der Waals surface area contributed by atoms with Crippen LogP contribution in [-0.2, 0) is 4.74 Å². The monoisotopic (exact) mass is 223 g/mol. The van der Waals surface area contributed by atoms with E-state index in [1.165, 1.54) is 0 Å². The van der Waals surface area contributed by atoms with Gasteiger partial charge in [0.25, 0.3) is 0 Å². The zero-order chi connectivity index (χ0) is 12.6. The second-order valence-corrected chi connectivity index (χ2v) is 4.36. The Morgan fingerprint density at radius 1 is 1.38 bits per heavy atom. The summed E-state index contributed by atoms with van der Waals surface area (Å²) in [6, 6.07) is 0. The predicted molar refractivity (Wildman–Crippen MR) is 67.3 cm³/mol. The molecule has 0 aliphatic rings. The molecule has 0 aliphatic heterocycles. The molecule has 3 heteroatoms. The summed E-state index contributed by atoms with van der Waals surface area (Å²) >= 11 is 0. The smallest absolute Gasteiger partial charge is 0.407 e. The van der Waals surface area contributed by atoms with Crippen molar-refractivity contribution in [2.24, 2.45) is 0 Å². The third kappa shape index (κ3) is 7.85. The third-order valence-electron chi connectivity index (χ3n) is 1.68. The van der Waals surface area contributed by atoms with Crippen molar-refractivity contribution in [3.05, 3.63) is 37.0 Å². The molecule has 0 saturated carbocycles. The molecule has 0 atom stereocenters. The molecule has 0 aliphatic carbocycles. The molecule has 90 valence electrons. The lowest BCUT2D eigenvalue weighted by Crippen LogP contribution is -2.33. The summed E-state index contributed by atoms with van der Waals surface area (Å²) in [6.07, 6.45) is 5.64. The fourth-order valence-corrected chi connectivity index (χ4v) is 1.03. The number of rotatable bonds is 5. The number of alkyl carbamates (subject to hydrolysis) is 1. The maximum Gasteiger partial charge on any atom is 0.407 e. The number of amides is 1. The van der Waals surface area contributed by atoms with E-state index in [2.05, 4.69) is 18.5 Å². The Morgan fingerprint density at radius 3 is 2.44 bits per heavy atom. The first-order valence-corrected chi connectivity index (χ1v) is 5.30. The van der Waals surface area contributed by atoms with E-state index in [0.29, 0.717) is 6.54 Å². The van der Waals surface area contributed by atoms with Crippen LogP contribution < -0.4 is 5.32 Å². The second kappa shape index (κ2) is 6.88. The molecule has 0 rings (SSSR count). The lowest BCUT2D eigenvalue weighted by molar-refractivity contribution is 0.0528. The van der Waals surface area contributed by atoms with Crippen molar-refractivity contribution in [3.63, 3.8) is 0 Å². The number of carbonyl (C=O) groups excluding carboxylic acids is 1. The summed E-state index contributed by atoms with van der Waals surface area (Å²) in [7, 11) is 0. The normalized spacial score (nSPS) is 11.8. The third-order valence-corrected chi connectivity index (χ3v) is 1.68. The first-order valence-electron chi connectivity index (χ1n) is 5.30. The summed E-state index contributed by atoms with van der Waals surface area (Å²) in [5.74, 6) is 0. The van der Waals surface area contributed by atoms with Crippen LogP contribution in [0.3, 0.4) is 0 Å². The molecule has 0 fully saturated rings. The minimum Gasteiger partial charge on any atom is -0.444 e. The summed E-state index contributed by atoms with van der Waals surface area (Å²) in [6.45, 7) is 13.3. The Kier molecular flexibility index (Phi) is 6.23. The number of allylic oxidation sites excluding steroid dienone is 3. The fourth-order valence-electron chi connectivity index (χ4n) is 1.03. The van der Waals surface area contributed by atoms with Gasteiger partial charge in [0.05, 0.1) is 0 Å². The molecule has 0 radical (unpaired) electrons. The Bertz CT molecular complexity index is 285. The summed E-state index contributed by atoms with van der Waals surface area (Å²) < 4.78 is 5.10. The van der Waals surface area contributed by atoms with Crippen LogP contribution in [0.15, 0.2) is 37.0 Å². The summed E-state index contributed by atoms with van der Waals surface area (Å²) in [4.78, 5) is 11.3. The second-order valence-electron chi connectivity index (χ2n) is 4.36. The van der Waals surface area contributed by atoms with Crippen molar-refractivity contribution in [3.8, 4) is 0 Å². The van der Waals surface area contributed by atoms with Crippen LogP contribution in [-0.4, -0.2) is 18.2 Å². The van der Waals surface area contributed by atoms with Crippen molar-refractivity contribution in [2.75, 3.05) is 6.54 Å². The van der Waals surface area contributed by atoms with Crippen LogP contribution in [0.4, 0.5) is 4.79 Å². The Morgan fingerprint density at radius 2 is 2.00 bits per heavy atom. The topological polar surface area (TPSA) is 38.3 Å². The number of hydrogen-bond donors (Lipinski definition) is 1. The number of nitrogens with one attached hydrogen (secondary N) is 1. The number of hydrogen-bond acceptors (Lipinski definition) is 2. The van der Waals surface area contributed by atoms with Gasteiger partial charge in [-0.1, -0.05) is 31.4 Å². The molecule has 0 bridgehead atoms. The SMILES string of the molecule is C=C/C=C(\C=C)CCNC(=O)OC(C)(C)C. The highest BCUT2D eigenvalue weighted by molar-refractivity contribution is 5.67. The van der Waals surface area contributed by atoms with Crippen molar-refractivity contribution in [1.29, 1.82) is 0 Å². The quantitative estimate of drug-likeness (QED) is 0.727. The Labute approximate surface area is 97.9 Å². The molecule has 0 aromatic carbocycles. The highest BCUT2D eigenvalue weighted by Crippen LogP contribution is 2.07. The van der Waals surface area contributed by atoms with E-state index in [-0.39, 0.29) is 0 Å². The van der Waals surface area contributed by atoms with Gasteiger partial charge in [-0.15, -0.1) is 0 Å². The van der Waals surface area contributed by atoms with Gasteiger partial charge >= 0.3 is 6.09 Å². The van der Waals surface area contributed by atoms with E-state index in [4.69, 9.17) is 4.74 Å². The van der Waals surface area contributed by atoms with E-state index < -0.39 is 11.7 Å². The first-order chi connectivity index (χ1) is 7.39. The fraction of sp³-hybridized carbons (Fsp3) is 0.462. The van der Waals surface area contributed by atoms with Crippen LogP contribution in [0.2, 0.25) is 0 Å². The van der Waals surface area contributed by atoms with Gasteiger partial charge in [0, 0.05) is 6.54 Å². The van der Waals surface area contributed by atoms with Gasteiger partial charge in [0.15, 0.2) is 0 Å². The molecule has 0 aromatic heterocycles. The molecule has 0 saturated heterocycles. The molecule has 1 N–H and O–H groups in total. The van der Waals surface area contributed by atoms with Crippen LogP contribution in [0.5, 0.6) is 0 Å². The Hall–Kier alpha value is -1.51. The van der Waals surface area contributed by atoms with Crippen molar-refractivity contribution in [2.45, 2.75) is 32.8 Å². The average Bonchev–Trinajstić information content (AvgIpc) is 2.13. The van der Waals surface area contributed by atoms with Gasteiger partial charge < -0.3 is 10.1 Å². The predicted octanol–water partition coefficient (Wildman–Crippen LogP) is 3.20. The highest BCUT2D eigenvalue weighted by atomic mass is 16.6. The van der Waals surface area contributed by atoms with E-state index >= 15 is 0 Å². The van der Waals surface area contributed by atoms with Crippen LogP contribution >= 0.6 is 0 Å². The maximum atomic E-state index is 11.3. The standard InChI is InChI=1S/C13H21NO2/c1-6-8-11(7-2)9-10-14-12(15)16-13(3,4)5/h6-8H,1-2,9-10H2,3-5H3,(H,14,15)/b11-8+. The number of carbonyl (C=O) groups is 1. The van der Waals surface area contributed by atoms with E-state index in [1.807, 2.05) is 26.8 Å². The van der Waals surface area contributed by atoms with Crippen LogP contribution in [0, 0.1) is 0 Å². The molecule has 0 heterocycles. The largest absolute Gasteiger partial charge is 0.444 e. The highest BCUT2D eigenvalue weighted by Gasteiger charge is 2.15. The van der Waals surface area contributed by atoms with E-state index in [0.717, 1.165) is 12.0 Å². The van der Waals surface area contributed by atoms with Gasteiger partial charge in [0.1, 0.15) is 5.60 Å². The van der Waals surface area contributed by atoms with Crippen molar-refractivity contribution in [1.82, 2.24) is 5.32 Å². The van der Waals surface area contributed by atoms with E-state index in [1.54, 1.807) is 12.2 Å². The molecule has 0 unspecified atom stereocenters. The number of ether oxygens (including phenoxy) is 1. The first kappa shape index (κ1) is 14.5. The Balaban J connectivity index is 3.90. The molecule has 16 heavy (non-hydrogen) atoms. The van der Waals surface area contributed by atoms with Crippen LogP contribution in [0.1, 0.15) is 27.2 Å². The minimum absolute atomic E-state index is 0.394. The maximum absolute atomic E-state index is 11.3. The van der Waals surface area contributed by atoms with Gasteiger partial charge in [-0.05, 0) is 32.8 Å². The molecular formula is C13H21NO2. The zero-order valence-electron chi connectivity index (χ0n) is 10.4. The van der Waals surface area contributed by atoms with E-state index in [9.17, 15) is 4.79 Å². The van der Waals surface area contributed by atoms with Crippen molar-refractivity contribution < 1.29 is 9.53 Å². The minimum atomic E-state index is -0.456. The molecule has 0 aromatic rings. The average molecular weight is 223 g/mol. The molecule has 1 amide bonds. The van der Waals surface area contributed by atoms with Gasteiger partial charge in [-0.3, -0.25) is 0 Å². The van der Waals surface area contributed by atoms with Gasteiger partial charge in [0.2, 0.25) is 0 Å². The van der Waals surface area contributed by atoms with Crippen molar-refractivity contribution >= 4 is 6.09 Å².